The van der Waals surface area contributed by atoms with E-state index in [1.165, 1.54) is 24.3 Å². The molecule has 0 aliphatic rings. The fourth-order valence-electron chi connectivity index (χ4n) is 2.51. The zero-order valence-electron chi connectivity index (χ0n) is 14.5. The summed E-state index contributed by atoms with van der Waals surface area (Å²) in [7, 11) is 0. The van der Waals surface area contributed by atoms with E-state index >= 15 is 0 Å². The van der Waals surface area contributed by atoms with Crippen molar-refractivity contribution >= 4 is 0 Å². The normalized spacial score (nSPS) is 11.5. The van der Waals surface area contributed by atoms with E-state index < -0.39 is 35.8 Å². The molecule has 0 atom stereocenters. The summed E-state index contributed by atoms with van der Waals surface area (Å²) in [4.78, 5) is 19.7. The van der Waals surface area contributed by atoms with Crippen LogP contribution in [0.3, 0.4) is 0 Å². The Morgan fingerprint density at radius 2 is 1.93 bits per heavy atom. The average Bonchev–Trinajstić information content (AvgIpc) is 3.05. The molecule has 0 bridgehead atoms. The molecule has 7 nitrogen and oxygen atoms in total. The third-order valence-corrected chi connectivity index (χ3v) is 3.94. The maximum atomic E-state index is 12.9. The van der Waals surface area contributed by atoms with E-state index in [0.29, 0.717) is 0 Å². The molecule has 0 spiro atoms. The van der Waals surface area contributed by atoms with Crippen LogP contribution in [0, 0.1) is 0 Å². The molecule has 0 saturated carbocycles. The summed E-state index contributed by atoms with van der Waals surface area (Å²) >= 11 is 0. The van der Waals surface area contributed by atoms with Gasteiger partial charge in [0, 0.05) is 30.3 Å². The van der Waals surface area contributed by atoms with Gasteiger partial charge < -0.3 is 5.73 Å². The van der Waals surface area contributed by atoms with Gasteiger partial charge in [0.1, 0.15) is 17.3 Å². The highest BCUT2D eigenvalue weighted by molar-refractivity contribution is 5.59. The van der Waals surface area contributed by atoms with Gasteiger partial charge in [-0.25, -0.2) is 19.4 Å². The highest BCUT2D eigenvalue weighted by Gasteiger charge is 2.32. The van der Waals surface area contributed by atoms with Crippen molar-refractivity contribution in [3.05, 3.63) is 70.2 Å². The molecular formula is C17H13F5N6O. The minimum Gasteiger partial charge on any atom is -0.327 e. The summed E-state index contributed by atoms with van der Waals surface area (Å²) in [6.07, 6.45) is -5.92. The quantitative estimate of drug-likeness (QED) is 0.628. The van der Waals surface area contributed by atoms with Gasteiger partial charge in [0.05, 0.1) is 5.69 Å². The monoisotopic (exact) mass is 412 g/mol. The van der Waals surface area contributed by atoms with E-state index in [2.05, 4.69) is 20.2 Å². The first-order chi connectivity index (χ1) is 13.7. The van der Waals surface area contributed by atoms with Gasteiger partial charge in [-0.05, 0) is 24.3 Å². The largest absolute Gasteiger partial charge is 0.433 e. The Balaban J connectivity index is 2.00. The Labute approximate surface area is 159 Å². The van der Waals surface area contributed by atoms with Crippen LogP contribution in [-0.2, 0) is 12.6 Å². The maximum absolute atomic E-state index is 12.9. The van der Waals surface area contributed by atoms with Gasteiger partial charge in [0.2, 0.25) is 0 Å². The summed E-state index contributed by atoms with van der Waals surface area (Å²) < 4.78 is 64.8. The lowest BCUT2D eigenvalue weighted by Gasteiger charge is -2.09. The predicted octanol–water partition coefficient (Wildman–Crippen LogP) is 2.69. The molecular weight excluding hydrogens is 399 g/mol. The van der Waals surface area contributed by atoms with Crippen LogP contribution in [-0.4, -0.2) is 31.3 Å². The molecule has 0 aliphatic carbocycles. The SMILES string of the molecule is NCC(Cc1n[nH]c(=O)n1-c1cccc(-c2ccc(C(F)(F)F)nc2)n1)=C(F)F. The number of alkyl halides is 3. The van der Waals surface area contributed by atoms with Crippen LogP contribution in [0.5, 0.6) is 0 Å². The van der Waals surface area contributed by atoms with Gasteiger partial charge in [-0.2, -0.15) is 27.1 Å². The van der Waals surface area contributed by atoms with Crippen LogP contribution >= 0.6 is 0 Å². The highest BCUT2D eigenvalue weighted by atomic mass is 19.4. The van der Waals surface area contributed by atoms with Crippen LogP contribution in [0.1, 0.15) is 11.5 Å². The number of aromatic amines is 1. The molecule has 0 radical (unpaired) electrons. The molecule has 3 N–H and O–H groups in total. The van der Waals surface area contributed by atoms with E-state index in [9.17, 15) is 26.7 Å². The maximum Gasteiger partial charge on any atom is 0.433 e. The van der Waals surface area contributed by atoms with Gasteiger partial charge in [-0.3, -0.25) is 4.98 Å². The van der Waals surface area contributed by atoms with Crippen molar-refractivity contribution in [3.8, 4) is 17.1 Å². The Bertz CT molecular complexity index is 1100. The van der Waals surface area contributed by atoms with Gasteiger partial charge in [-0.15, -0.1) is 0 Å². The molecule has 0 saturated heterocycles. The topological polar surface area (TPSA) is 102 Å². The fourth-order valence-corrected chi connectivity index (χ4v) is 2.51. The van der Waals surface area contributed by atoms with Crippen LogP contribution in [0.2, 0.25) is 0 Å². The van der Waals surface area contributed by atoms with Crippen molar-refractivity contribution in [2.24, 2.45) is 5.73 Å². The molecule has 29 heavy (non-hydrogen) atoms. The van der Waals surface area contributed by atoms with Gasteiger partial charge in [-0.1, -0.05) is 6.07 Å². The number of pyridine rings is 2. The third-order valence-electron chi connectivity index (χ3n) is 3.94. The predicted molar refractivity (Wildman–Crippen MR) is 92.2 cm³/mol. The lowest BCUT2D eigenvalue weighted by atomic mass is 10.1. The molecule has 0 aliphatic heterocycles. The first kappa shape index (κ1) is 20.3. The van der Waals surface area contributed by atoms with Crippen LogP contribution in [0.4, 0.5) is 22.0 Å². The molecule has 0 unspecified atom stereocenters. The Morgan fingerprint density at radius 3 is 2.52 bits per heavy atom. The number of nitrogens with one attached hydrogen (secondary N) is 1. The third kappa shape index (κ3) is 4.37. The zero-order chi connectivity index (χ0) is 21.2. The van der Waals surface area contributed by atoms with Crippen molar-refractivity contribution in [1.82, 2.24) is 24.7 Å². The van der Waals surface area contributed by atoms with Crippen LogP contribution in [0.15, 0.2) is 53.0 Å². The smallest absolute Gasteiger partial charge is 0.327 e. The number of halogens is 5. The Hall–Kier alpha value is -3.41. The average molecular weight is 412 g/mol. The standard InChI is InChI=1S/C17H13F5N6O/c18-15(19)10(7-23)6-14-26-27-16(29)28(14)13-3-1-2-11(25-13)9-4-5-12(24-8-9)17(20,21)22/h1-5,8H,6-7,23H2,(H,27,29). The number of hydrogen-bond donors (Lipinski definition) is 2. The lowest BCUT2D eigenvalue weighted by Crippen LogP contribution is -2.19. The number of aromatic nitrogens is 5. The number of H-pyrrole nitrogens is 1. The van der Waals surface area contributed by atoms with E-state index in [1.807, 2.05) is 0 Å². The van der Waals surface area contributed by atoms with Crippen molar-refractivity contribution in [1.29, 1.82) is 0 Å². The Morgan fingerprint density at radius 1 is 1.17 bits per heavy atom. The van der Waals surface area contributed by atoms with E-state index in [0.717, 1.165) is 16.8 Å². The molecule has 0 aromatic carbocycles. The fraction of sp³-hybridized carbons (Fsp3) is 0.176. The summed E-state index contributed by atoms with van der Waals surface area (Å²) in [5.74, 6) is 0.00484. The van der Waals surface area contributed by atoms with Crippen molar-refractivity contribution in [2.75, 3.05) is 6.54 Å². The first-order valence-corrected chi connectivity index (χ1v) is 8.11. The highest BCUT2D eigenvalue weighted by Crippen LogP contribution is 2.28. The molecule has 3 rings (SSSR count). The molecule has 0 fully saturated rings. The number of nitrogens with two attached hydrogens (primary N) is 1. The van der Waals surface area contributed by atoms with E-state index in [-0.39, 0.29) is 29.3 Å². The Kier molecular flexibility index (Phi) is 5.55. The summed E-state index contributed by atoms with van der Waals surface area (Å²) in [5, 5.41) is 5.89. The first-order valence-electron chi connectivity index (χ1n) is 8.11. The number of rotatable bonds is 5. The molecule has 3 aromatic rings. The second-order valence-corrected chi connectivity index (χ2v) is 5.84. The van der Waals surface area contributed by atoms with Crippen LogP contribution in [0.25, 0.3) is 17.1 Å². The summed E-state index contributed by atoms with van der Waals surface area (Å²) in [6.45, 7) is -0.423. The minimum absolute atomic E-state index is 0.0431. The summed E-state index contributed by atoms with van der Waals surface area (Å²) in [5.41, 5.74) is 3.63. The molecule has 3 aromatic heterocycles. The van der Waals surface area contributed by atoms with Gasteiger partial charge in [0.15, 0.2) is 0 Å². The van der Waals surface area contributed by atoms with E-state index in [1.54, 1.807) is 0 Å². The van der Waals surface area contributed by atoms with Gasteiger partial charge in [0.25, 0.3) is 6.08 Å². The van der Waals surface area contributed by atoms with E-state index in [4.69, 9.17) is 5.73 Å². The number of nitrogens with zero attached hydrogens (tertiary/aromatic N) is 4. The minimum atomic E-state index is -4.58. The van der Waals surface area contributed by atoms with Gasteiger partial charge >= 0.3 is 11.9 Å². The zero-order valence-corrected chi connectivity index (χ0v) is 14.5. The van der Waals surface area contributed by atoms with Crippen molar-refractivity contribution in [3.63, 3.8) is 0 Å². The van der Waals surface area contributed by atoms with Crippen molar-refractivity contribution < 1.29 is 22.0 Å². The second kappa shape index (κ2) is 7.91. The van der Waals surface area contributed by atoms with Crippen molar-refractivity contribution in [2.45, 2.75) is 12.6 Å². The molecule has 0 amide bonds. The molecule has 3 heterocycles. The molecule has 152 valence electrons. The van der Waals surface area contributed by atoms with Crippen LogP contribution < -0.4 is 11.4 Å². The lowest BCUT2D eigenvalue weighted by molar-refractivity contribution is -0.141. The molecule has 12 heteroatoms. The second-order valence-electron chi connectivity index (χ2n) is 5.84. The summed E-state index contributed by atoms with van der Waals surface area (Å²) in [6, 6.07) is 6.44. The number of hydrogen-bond acceptors (Lipinski definition) is 5.